The molecule has 0 spiro atoms. The third-order valence-electron chi connectivity index (χ3n) is 2.25. The Morgan fingerprint density at radius 2 is 2.07 bits per heavy atom. The lowest BCUT2D eigenvalue weighted by atomic mass is 10.1. The molecule has 2 heteroatoms. The second-order valence-electron chi connectivity index (χ2n) is 4.35. The minimum absolute atomic E-state index is 0.160. The largest absolute Gasteiger partial charge is 0.462 e. The van der Waals surface area contributed by atoms with Gasteiger partial charge in [-0.2, -0.15) is 0 Å². The Bertz CT molecular complexity index is 205. The average molecular weight is 212 g/mol. The maximum atomic E-state index is 11.4. The predicted molar refractivity (Wildman–Crippen MR) is 63.7 cm³/mol. The molecular formula is C13H24O2. The van der Waals surface area contributed by atoms with Crippen molar-refractivity contribution in [2.75, 3.05) is 6.61 Å². The zero-order valence-corrected chi connectivity index (χ0v) is 10.5. The van der Waals surface area contributed by atoms with Gasteiger partial charge in [0, 0.05) is 5.57 Å². The average Bonchev–Trinajstić information content (AvgIpc) is 2.17. The van der Waals surface area contributed by atoms with Gasteiger partial charge in [0.2, 0.25) is 0 Å². The Labute approximate surface area is 93.7 Å². The number of rotatable bonds is 7. The van der Waals surface area contributed by atoms with Crippen LogP contribution in [0.4, 0.5) is 0 Å². The van der Waals surface area contributed by atoms with Crippen LogP contribution in [0.3, 0.4) is 0 Å². The van der Waals surface area contributed by atoms with Crippen molar-refractivity contribution in [3.63, 3.8) is 0 Å². The molecule has 2 nitrogen and oxygen atoms in total. The third kappa shape index (κ3) is 8.22. The fourth-order valence-corrected chi connectivity index (χ4v) is 1.14. The molecule has 0 radical (unpaired) electrons. The fourth-order valence-electron chi connectivity index (χ4n) is 1.14. The number of hydrogen-bond donors (Lipinski definition) is 0. The van der Waals surface area contributed by atoms with Crippen LogP contribution in [0.1, 0.15) is 53.4 Å². The van der Waals surface area contributed by atoms with Crippen molar-refractivity contribution in [2.45, 2.75) is 53.4 Å². The minimum atomic E-state index is -0.160. The highest BCUT2D eigenvalue weighted by Crippen LogP contribution is 2.07. The highest BCUT2D eigenvalue weighted by Gasteiger charge is 2.04. The number of ether oxygens (including phenoxy) is 1. The minimum Gasteiger partial charge on any atom is -0.462 e. The summed E-state index contributed by atoms with van der Waals surface area (Å²) < 4.78 is 5.09. The zero-order valence-electron chi connectivity index (χ0n) is 10.5. The van der Waals surface area contributed by atoms with Crippen molar-refractivity contribution in [1.29, 1.82) is 0 Å². The molecule has 0 bridgehead atoms. The SMILES string of the molecule is CCCCOC(=O)C(C)=CCCC(C)C. The second kappa shape index (κ2) is 8.51. The summed E-state index contributed by atoms with van der Waals surface area (Å²) in [5.41, 5.74) is 0.742. The lowest BCUT2D eigenvalue weighted by Crippen LogP contribution is -2.06. The van der Waals surface area contributed by atoms with E-state index in [0.717, 1.165) is 31.3 Å². The van der Waals surface area contributed by atoms with Crippen LogP contribution in [0.5, 0.6) is 0 Å². The highest BCUT2D eigenvalue weighted by molar-refractivity contribution is 5.87. The van der Waals surface area contributed by atoms with Crippen molar-refractivity contribution < 1.29 is 9.53 Å². The molecule has 88 valence electrons. The molecule has 0 aromatic carbocycles. The Kier molecular flexibility index (Phi) is 8.06. The standard InChI is InChI=1S/C13H24O2/c1-5-6-10-15-13(14)12(4)9-7-8-11(2)3/h9,11H,5-8,10H2,1-4H3. The number of hydrogen-bond acceptors (Lipinski definition) is 2. The van der Waals surface area contributed by atoms with Gasteiger partial charge >= 0.3 is 5.97 Å². The van der Waals surface area contributed by atoms with Crippen LogP contribution in [-0.2, 0) is 9.53 Å². The molecule has 0 rings (SSSR count). The van der Waals surface area contributed by atoms with E-state index in [1.807, 2.05) is 13.0 Å². The van der Waals surface area contributed by atoms with E-state index >= 15 is 0 Å². The molecule has 0 saturated carbocycles. The van der Waals surface area contributed by atoms with Crippen LogP contribution in [0.15, 0.2) is 11.6 Å². The second-order valence-corrected chi connectivity index (χ2v) is 4.35. The molecule has 0 N–H and O–H groups in total. The molecule has 0 aliphatic rings. The third-order valence-corrected chi connectivity index (χ3v) is 2.25. The van der Waals surface area contributed by atoms with Gasteiger partial charge in [0.25, 0.3) is 0 Å². The maximum Gasteiger partial charge on any atom is 0.333 e. The van der Waals surface area contributed by atoms with Crippen molar-refractivity contribution >= 4 is 5.97 Å². The van der Waals surface area contributed by atoms with E-state index in [4.69, 9.17) is 4.74 Å². The molecule has 15 heavy (non-hydrogen) atoms. The fraction of sp³-hybridized carbons (Fsp3) is 0.769. The van der Waals surface area contributed by atoms with Gasteiger partial charge in [0.1, 0.15) is 0 Å². The molecule has 0 aliphatic carbocycles. The quantitative estimate of drug-likeness (QED) is 0.365. The van der Waals surface area contributed by atoms with Gasteiger partial charge in [0.05, 0.1) is 6.61 Å². The molecule has 0 aromatic heterocycles. The van der Waals surface area contributed by atoms with Gasteiger partial charge in [-0.05, 0) is 32.1 Å². The first-order chi connectivity index (χ1) is 7.07. The summed E-state index contributed by atoms with van der Waals surface area (Å²) in [6.45, 7) is 8.82. The van der Waals surface area contributed by atoms with Gasteiger partial charge < -0.3 is 4.74 Å². The first-order valence-corrected chi connectivity index (χ1v) is 5.91. The molecule has 0 aliphatic heterocycles. The summed E-state index contributed by atoms with van der Waals surface area (Å²) in [7, 11) is 0. The van der Waals surface area contributed by atoms with Gasteiger partial charge in [0.15, 0.2) is 0 Å². The monoisotopic (exact) mass is 212 g/mol. The summed E-state index contributed by atoms with van der Waals surface area (Å²) >= 11 is 0. The molecule has 0 atom stereocenters. The number of unbranched alkanes of at least 4 members (excludes halogenated alkanes) is 1. The number of carbonyl (C=O) groups excluding carboxylic acids is 1. The van der Waals surface area contributed by atoms with E-state index in [1.54, 1.807) is 0 Å². The maximum absolute atomic E-state index is 11.4. The molecule has 0 fully saturated rings. The molecule has 0 amide bonds. The predicted octanol–water partition coefficient (Wildman–Crippen LogP) is 3.71. The molecule has 0 aromatic rings. The van der Waals surface area contributed by atoms with E-state index < -0.39 is 0 Å². The summed E-state index contributed by atoms with van der Waals surface area (Å²) in [4.78, 5) is 11.4. The summed E-state index contributed by atoms with van der Waals surface area (Å²) in [6.07, 6.45) is 6.08. The number of esters is 1. The Balaban J connectivity index is 3.76. The van der Waals surface area contributed by atoms with E-state index in [0.29, 0.717) is 12.5 Å². The first kappa shape index (κ1) is 14.2. The van der Waals surface area contributed by atoms with Crippen LogP contribution >= 0.6 is 0 Å². The molecule has 0 saturated heterocycles. The Morgan fingerprint density at radius 3 is 2.60 bits per heavy atom. The van der Waals surface area contributed by atoms with E-state index in [-0.39, 0.29) is 5.97 Å². The van der Waals surface area contributed by atoms with E-state index in [9.17, 15) is 4.79 Å². The van der Waals surface area contributed by atoms with Crippen LogP contribution in [-0.4, -0.2) is 12.6 Å². The molecule has 0 unspecified atom stereocenters. The first-order valence-electron chi connectivity index (χ1n) is 5.91. The van der Waals surface area contributed by atoms with Crippen molar-refractivity contribution in [1.82, 2.24) is 0 Å². The van der Waals surface area contributed by atoms with E-state index in [1.165, 1.54) is 0 Å². The Hall–Kier alpha value is -0.790. The summed E-state index contributed by atoms with van der Waals surface area (Å²) in [6, 6.07) is 0. The van der Waals surface area contributed by atoms with Crippen LogP contribution in [0, 0.1) is 5.92 Å². The van der Waals surface area contributed by atoms with Crippen LogP contribution in [0.2, 0.25) is 0 Å². The van der Waals surface area contributed by atoms with Crippen LogP contribution < -0.4 is 0 Å². The smallest absolute Gasteiger partial charge is 0.333 e. The van der Waals surface area contributed by atoms with Crippen molar-refractivity contribution in [3.05, 3.63) is 11.6 Å². The van der Waals surface area contributed by atoms with Crippen molar-refractivity contribution in [2.24, 2.45) is 5.92 Å². The number of carbonyl (C=O) groups is 1. The lowest BCUT2D eigenvalue weighted by Gasteiger charge is -2.04. The normalized spacial score (nSPS) is 11.9. The van der Waals surface area contributed by atoms with Gasteiger partial charge in [-0.1, -0.05) is 33.3 Å². The molecular weight excluding hydrogens is 188 g/mol. The topological polar surface area (TPSA) is 26.3 Å². The van der Waals surface area contributed by atoms with Gasteiger partial charge in [-0.25, -0.2) is 4.79 Å². The highest BCUT2D eigenvalue weighted by atomic mass is 16.5. The molecule has 0 heterocycles. The van der Waals surface area contributed by atoms with Gasteiger partial charge in [-0.3, -0.25) is 0 Å². The van der Waals surface area contributed by atoms with E-state index in [2.05, 4.69) is 20.8 Å². The van der Waals surface area contributed by atoms with Gasteiger partial charge in [-0.15, -0.1) is 0 Å². The zero-order chi connectivity index (χ0) is 11.7. The number of allylic oxidation sites excluding steroid dienone is 1. The summed E-state index contributed by atoms with van der Waals surface area (Å²) in [5.74, 6) is 0.525. The summed E-state index contributed by atoms with van der Waals surface area (Å²) in [5, 5.41) is 0. The Morgan fingerprint density at radius 1 is 1.40 bits per heavy atom. The lowest BCUT2D eigenvalue weighted by molar-refractivity contribution is -0.139. The van der Waals surface area contributed by atoms with Crippen molar-refractivity contribution in [3.8, 4) is 0 Å². The van der Waals surface area contributed by atoms with Crippen LogP contribution in [0.25, 0.3) is 0 Å².